The summed E-state index contributed by atoms with van der Waals surface area (Å²) in [5.74, 6) is -0.753. The predicted octanol–water partition coefficient (Wildman–Crippen LogP) is 1.89. The van der Waals surface area contributed by atoms with Crippen molar-refractivity contribution in [1.82, 2.24) is 4.90 Å². The Hall–Kier alpha value is -0.830. The van der Waals surface area contributed by atoms with E-state index < -0.39 is 5.97 Å². The van der Waals surface area contributed by atoms with Crippen LogP contribution in [-0.4, -0.2) is 35.6 Å². The average molecular weight is 197 g/mol. The lowest BCUT2D eigenvalue weighted by molar-refractivity contribution is -0.136. The molecule has 1 rings (SSSR count). The highest BCUT2D eigenvalue weighted by atomic mass is 16.4. The van der Waals surface area contributed by atoms with Crippen molar-refractivity contribution < 1.29 is 9.90 Å². The van der Waals surface area contributed by atoms with Crippen LogP contribution in [0.4, 0.5) is 0 Å². The minimum Gasteiger partial charge on any atom is -0.481 e. The van der Waals surface area contributed by atoms with Crippen molar-refractivity contribution in [2.75, 3.05) is 19.6 Å². The highest BCUT2D eigenvalue weighted by Gasteiger charge is 2.06. The lowest BCUT2D eigenvalue weighted by Crippen LogP contribution is -2.24. The van der Waals surface area contributed by atoms with E-state index in [1.807, 2.05) is 6.08 Å². The molecule has 1 heterocycles. The topological polar surface area (TPSA) is 40.5 Å². The first-order valence-corrected chi connectivity index (χ1v) is 5.38. The Balaban J connectivity index is 2.15. The summed E-state index contributed by atoms with van der Waals surface area (Å²) < 4.78 is 0. The maximum Gasteiger partial charge on any atom is 0.307 e. The lowest BCUT2D eigenvalue weighted by Gasteiger charge is -2.16. The standard InChI is InChI=1S/C11H19NO2/c13-11(14)7-3-6-10-12-8-4-1-2-5-9-12/h3,6H,1-2,4-5,7-10H2,(H,13,14)/b6-3+. The number of rotatable bonds is 4. The van der Waals surface area contributed by atoms with Crippen molar-refractivity contribution in [2.24, 2.45) is 0 Å². The van der Waals surface area contributed by atoms with Crippen LogP contribution in [0.1, 0.15) is 32.1 Å². The Kier molecular flexibility index (Phi) is 5.30. The first-order chi connectivity index (χ1) is 6.79. The zero-order chi connectivity index (χ0) is 10.2. The van der Waals surface area contributed by atoms with Crippen LogP contribution in [-0.2, 0) is 4.79 Å². The molecular weight excluding hydrogens is 178 g/mol. The van der Waals surface area contributed by atoms with E-state index in [2.05, 4.69) is 4.90 Å². The molecule has 1 aliphatic heterocycles. The number of carboxylic acid groups (broad SMARTS) is 1. The van der Waals surface area contributed by atoms with Gasteiger partial charge in [0.2, 0.25) is 0 Å². The number of hydrogen-bond donors (Lipinski definition) is 1. The van der Waals surface area contributed by atoms with Crippen LogP contribution in [0.5, 0.6) is 0 Å². The van der Waals surface area contributed by atoms with Gasteiger partial charge in [-0.1, -0.05) is 25.0 Å². The predicted molar refractivity (Wildman–Crippen MR) is 56.3 cm³/mol. The number of hydrogen-bond acceptors (Lipinski definition) is 2. The lowest BCUT2D eigenvalue weighted by atomic mass is 10.2. The van der Waals surface area contributed by atoms with E-state index in [1.54, 1.807) is 6.08 Å². The Morgan fingerprint density at radius 1 is 1.14 bits per heavy atom. The molecule has 1 N–H and O–H groups in total. The smallest absolute Gasteiger partial charge is 0.307 e. The van der Waals surface area contributed by atoms with Crippen molar-refractivity contribution in [3.8, 4) is 0 Å². The molecule has 0 aromatic rings. The quantitative estimate of drug-likeness (QED) is 0.700. The number of carboxylic acids is 1. The first-order valence-electron chi connectivity index (χ1n) is 5.38. The van der Waals surface area contributed by atoms with Crippen molar-refractivity contribution in [2.45, 2.75) is 32.1 Å². The molecule has 0 radical (unpaired) electrons. The van der Waals surface area contributed by atoms with Gasteiger partial charge in [0, 0.05) is 6.54 Å². The summed E-state index contributed by atoms with van der Waals surface area (Å²) in [4.78, 5) is 12.6. The molecule has 14 heavy (non-hydrogen) atoms. The van der Waals surface area contributed by atoms with Crippen molar-refractivity contribution in [1.29, 1.82) is 0 Å². The van der Waals surface area contributed by atoms with Crippen LogP contribution in [0.2, 0.25) is 0 Å². The third-order valence-corrected chi connectivity index (χ3v) is 2.52. The fourth-order valence-electron chi connectivity index (χ4n) is 1.73. The number of nitrogens with zero attached hydrogens (tertiary/aromatic N) is 1. The second kappa shape index (κ2) is 6.60. The second-order valence-corrected chi connectivity index (χ2v) is 3.78. The summed E-state index contributed by atoms with van der Waals surface area (Å²) in [6.07, 6.45) is 9.12. The summed E-state index contributed by atoms with van der Waals surface area (Å²) in [6, 6.07) is 0. The molecule has 0 amide bonds. The molecule has 1 fully saturated rings. The number of aliphatic carboxylic acids is 1. The summed E-state index contributed by atoms with van der Waals surface area (Å²) in [7, 11) is 0. The largest absolute Gasteiger partial charge is 0.481 e. The Morgan fingerprint density at radius 2 is 1.79 bits per heavy atom. The summed E-state index contributed by atoms with van der Waals surface area (Å²) in [5.41, 5.74) is 0. The Morgan fingerprint density at radius 3 is 2.36 bits per heavy atom. The van der Waals surface area contributed by atoms with Crippen LogP contribution >= 0.6 is 0 Å². The highest BCUT2D eigenvalue weighted by Crippen LogP contribution is 2.09. The van der Waals surface area contributed by atoms with Gasteiger partial charge in [-0.05, 0) is 25.9 Å². The monoisotopic (exact) mass is 197 g/mol. The molecule has 0 aromatic carbocycles. The number of likely N-dealkylation sites (tertiary alicyclic amines) is 1. The molecule has 1 saturated heterocycles. The van der Waals surface area contributed by atoms with Crippen LogP contribution in [0, 0.1) is 0 Å². The molecule has 1 aliphatic rings. The average Bonchev–Trinajstić information content (AvgIpc) is 2.40. The van der Waals surface area contributed by atoms with Crippen molar-refractivity contribution in [3.05, 3.63) is 12.2 Å². The van der Waals surface area contributed by atoms with Gasteiger partial charge in [-0.3, -0.25) is 9.69 Å². The molecule has 0 saturated carbocycles. The van der Waals surface area contributed by atoms with Crippen molar-refractivity contribution in [3.63, 3.8) is 0 Å². The van der Waals surface area contributed by atoms with Gasteiger partial charge in [0.1, 0.15) is 0 Å². The summed E-state index contributed by atoms with van der Waals surface area (Å²) >= 11 is 0. The maximum atomic E-state index is 10.2. The zero-order valence-electron chi connectivity index (χ0n) is 8.61. The van der Waals surface area contributed by atoms with Gasteiger partial charge in [0.15, 0.2) is 0 Å². The minimum absolute atomic E-state index is 0.147. The van der Waals surface area contributed by atoms with E-state index in [1.165, 1.54) is 25.7 Å². The van der Waals surface area contributed by atoms with E-state index >= 15 is 0 Å². The molecule has 80 valence electrons. The fraction of sp³-hybridized carbons (Fsp3) is 0.727. The van der Waals surface area contributed by atoms with Gasteiger partial charge in [0.05, 0.1) is 6.42 Å². The molecule has 0 unspecified atom stereocenters. The van der Waals surface area contributed by atoms with E-state index in [4.69, 9.17) is 5.11 Å². The van der Waals surface area contributed by atoms with E-state index in [0.717, 1.165) is 19.6 Å². The molecule has 0 aliphatic carbocycles. The molecule has 0 bridgehead atoms. The minimum atomic E-state index is -0.753. The molecule has 3 nitrogen and oxygen atoms in total. The molecule has 0 atom stereocenters. The molecule has 3 heteroatoms. The Bertz CT molecular complexity index is 193. The molecule has 0 aromatic heterocycles. The van der Waals surface area contributed by atoms with Gasteiger partial charge in [-0.15, -0.1) is 0 Å². The third-order valence-electron chi connectivity index (χ3n) is 2.52. The van der Waals surface area contributed by atoms with Gasteiger partial charge < -0.3 is 5.11 Å². The first kappa shape index (κ1) is 11.2. The normalized spacial score (nSPS) is 19.7. The molecule has 0 spiro atoms. The van der Waals surface area contributed by atoms with Crippen LogP contribution in [0.3, 0.4) is 0 Å². The fourth-order valence-corrected chi connectivity index (χ4v) is 1.73. The van der Waals surface area contributed by atoms with Gasteiger partial charge in [-0.25, -0.2) is 0 Å². The van der Waals surface area contributed by atoms with E-state index in [-0.39, 0.29) is 6.42 Å². The van der Waals surface area contributed by atoms with Gasteiger partial charge in [0.25, 0.3) is 0 Å². The zero-order valence-corrected chi connectivity index (χ0v) is 8.61. The van der Waals surface area contributed by atoms with Gasteiger partial charge in [-0.2, -0.15) is 0 Å². The summed E-state index contributed by atoms with van der Waals surface area (Å²) in [5, 5.41) is 8.43. The second-order valence-electron chi connectivity index (χ2n) is 3.78. The highest BCUT2D eigenvalue weighted by molar-refractivity contribution is 5.68. The van der Waals surface area contributed by atoms with Crippen molar-refractivity contribution >= 4 is 5.97 Å². The summed E-state index contributed by atoms with van der Waals surface area (Å²) in [6.45, 7) is 3.24. The Labute approximate surface area is 85.4 Å². The number of carbonyl (C=O) groups is 1. The van der Waals surface area contributed by atoms with Crippen LogP contribution < -0.4 is 0 Å². The van der Waals surface area contributed by atoms with E-state index in [0.29, 0.717) is 0 Å². The van der Waals surface area contributed by atoms with Gasteiger partial charge >= 0.3 is 5.97 Å². The third kappa shape index (κ3) is 5.02. The molecular formula is C11H19NO2. The van der Waals surface area contributed by atoms with Crippen LogP contribution in [0.15, 0.2) is 12.2 Å². The van der Waals surface area contributed by atoms with E-state index in [9.17, 15) is 4.79 Å². The van der Waals surface area contributed by atoms with Crippen LogP contribution in [0.25, 0.3) is 0 Å². The SMILES string of the molecule is O=C(O)C/C=C/CN1CCCCCC1. The maximum absolute atomic E-state index is 10.2.